The van der Waals surface area contributed by atoms with Crippen molar-refractivity contribution in [3.05, 3.63) is 12.2 Å². The number of amides is 1. The highest BCUT2D eigenvalue weighted by Gasteiger charge is 2.29. The van der Waals surface area contributed by atoms with E-state index in [-0.39, 0.29) is 18.0 Å². The van der Waals surface area contributed by atoms with Gasteiger partial charge in [-0.2, -0.15) is 0 Å². The normalized spacial score (nSPS) is 21.4. The number of rotatable bonds is 4. The van der Waals surface area contributed by atoms with Crippen LogP contribution in [0.3, 0.4) is 0 Å². The van der Waals surface area contributed by atoms with Crippen LogP contribution >= 0.6 is 0 Å². The van der Waals surface area contributed by atoms with Crippen LogP contribution in [0.1, 0.15) is 19.8 Å². The monoisotopic (exact) mass is 197 g/mol. The lowest BCUT2D eigenvalue weighted by Gasteiger charge is -2.15. The third kappa shape index (κ3) is 2.34. The van der Waals surface area contributed by atoms with Gasteiger partial charge in [-0.05, 0) is 5.92 Å². The summed E-state index contributed by atoms with van der Waals surface area (Å²) in [5.74, 6) is -0.610. The highest BCUT2D eigenvalue weighted by Crippen LogP contribution is 2.20. The van der Waals surface area contributed by atoms with Gasteiger partial charge in [0, 0.05) is 18.5 Å². The number of carboxylic acids is 1. The third-order valence-corrected chi connectivity index (χ3v) is 2.56. The SMILES string of the molecule is C=C(CN1CC(CC)CC1=O)C(=O)O. The summed E-state index contributed by atoms with van der Waals surface area (Å²) in [5, 5.41) is 8.61. The van der Waals surface area contributed by atoms with E-state index >= 15 is 0 Å². The fourth-order valence-electron chi connectivity index (χ4n) is 1.58. The Kier molecular flexibility index (Phi) is 3.28. The van der Waals surface area contributed by atoms with Crippen LogP contribution < -0.4 is 0 Å². The predicted octanol–water partition coefficient (Wildman–Crippen LogP) is 0.886. The van der Waals surface area contributed by atoms with Crippen LogP contribution in [-0.4, -0.2) is 35.0 Å². The molecule has 1 heterocycles. The first-order valence-corrected chi connectivity index (χ1v) is 4.73. The van der Waals surface area contributed by atoms with Crippen molar-refractivity contribution in [3.63, 3.8) is 0 Å². The van der Waals surface area contributed by atoms with Crippen LogP contribution in [0.15, 0.2) is 12.2 Å². The lowest BCUT2D eigenvalue weighted by Crippen LogP contribution is -2.29. The molecule has 1 N–H and O–H groups in total. The van der Waals surface area contributed by atoms with E-state index < -0.39 is 5.97 Å². The number of hydrogen-bond acceptors (Lipinski definition) is 2. The van der Waals surface area contributed by atoms with E-state index in [1.807, 2.05) is 6.92 Å². The van der Waals surface area contributed by atoms with Crippen molar-refractivity contribution in [1.82, 2.24) is 4.90 Å². The Hall–Kier alpha value is -1.32. The van der Waals surface area contributed by atoms with Crippen LogP contribution in [0.25, 0.3) is 0 Å². The lowest BCUT2D eigenvalue weighted by molar-refractivity contribution is -0.133. The Morgan fingerprint density at radius 2 is 2.36 bits per heavy atom. The van der Waals surface area contributed by atoms with E-state index in [9.17, 15) is 9.59 Å². The van der Waals surface area contributed by atoms with Crippen LogP contribution in [-0.2, 0) is 9.59 Å². The molecular weight excluding hydrogens is 182 g/mol. The number of likely N-dealkylation sites (tertiary alicyclic amines) is 1. The Bertz CT molecular complexity index is 273. The highest BCUT2D eigenvalue weighted by atomic mass is 16.4. The fraction of sp³-hybridized carbons (Fsp3) is 0.600. The van der Waals surface area contributed by atoms with E-state index in [1.54, 1.807) is 4.90 Å². The number of carbonyl (C=O) groups is 2. The molecule has 1 fully saturated rings. The first-order valence-electron chi connectivity index (χ1n) is 4.73. The summed E-state index contributed by atoms with van der Waals surface area (Å²) >= 11 is 0. The summed E-state index contributed by atoms with van der Waals surface area (Å²) in [4.78, 5) is 23.5. The number of hydrogen-bond donors (Lipinski definition) is 1. The minimum atomic E-state index is -1.03. The molecule has 1 aliphatic rings. The molecule has 1 aliphatic heterocycles. The van der Waals surface area contributed by atoms with Gasteiger partial charge in [-0.1, -0.05) is 19.9 Å². The topological polar surface area (TPSA) is 57.6 Å². The quantitative estimate of drug-likeness (QED) is 0.681. The molecule has 1 unspecified atom stereocenters. The zero-order valence-corrected chi connectivity index (χ0v) is 8.32. The molecule has 1 rings (SSSR count). The van der Waals surface area contributed by atoms with Crippen LogP contribution in [0.5, 0.6) is 0 Å². The maximum absolute atomic E-state index is 11.4. The number of carboxylic acid groups (broad SMARTS) is 1. The van der Waals surface area contributed by atoms with Gasteiger partial charge in [-0.3, -0.25) is 4.79 Å². The standard InChI is InChI=1S/C10H15NO3/c1-3-8-4-9(12)11(6-8)5-7(2)10(13)14/h8H,2-6H2,1H3,(H,13,14). The van der Waals surface area contributed by atoms with Gasteiger partial charge in [0.25, 0.3) is 0 Å². The smallest absolute Gasteiger partial charge is 0.332 e. The summed E-state index contributed by atoms with van der Waals surface area (Å²) in [6.07, 6.45) is 1.51. The molecule has 1 atom stereocenters. The van der Waals surface area contributed by atoms with Crippen LogP contribution in [0.4, 0.5) is 0 Å². The molecule has 0 spiro atoms. The Morgan fingerprint density at radius 1 is 1.71 bits per heavy atom. The second-order valence-corrected chi connectivity index (χ2v) is 3.66. The molecule has 0 radical (unpaired) electrons. The van der Waals surface area contributed by atoms with Gasteiger partial charge in [0.05, 0.1) is 6.54 Å². The highest BCUT2D eigenvalue weighted by molar-refractivity contribution is 5.88. The van der Waals surface area contributed by atoms with Crippen molar-refractivity contribution in [2.75, 3.05) is 13.1 Å². The Balaban J connectivity index is 2.50. The lowest BCUT2D eigenvalue weighted by atomic mass is 10.1. The van der Waals surface area contributed by atoms with E-state index in [4.69, 9.17) is 5.11 Å². The van der Waals surface area contributed by atoms with Crippen molar-refractivity contribution < 1.29 is 14.7 Å². The molecule has 0 bridgehead atoms. The minimum Gasteiger partial charge on any atom is -0.478 e. The average molecular weight is 197 g/mol. The molecule has 0 saturated carbocycles. The molecule has 0 aromatic carbocycles. The van der Waals surface area contributed by atoms with Gasteiger partial charge in [0.15, 0.2) is 0 Å². The van der Waals surface area contributed by atoms with E-state index in [0.29, 0.717) is 18.9 Å². The third-order valence-electron chi connectivity index (χ3n) is 2.56. The summed E-state index contributed by atoms with van der Waals surface area (Å²) in [5.41, 5.74) is 0.0788. The summed E-state index contributed by atoms with van der Waals surface area (Å²) < 4.78 is 0. The Labute approximate surface area is 83.2 Å². The van der Waals surface area contributed by atoms with Crippen molar-refractivity contribution >= 4 is 11.9 Å². The van der Waals surface area contributed by atoms with Crippen LogP contribution in [0.2, 0.25) is 0 Å². The zero-order chi connectivity index (χ0) is 10.7. The largest absolute Gasteiger partial charge is 0.478 e. The molecule has 1 saturated heterocycles. The van der Waals surface area contributed by atoms with Gasteiger partial charge in [0.2, 0.25) is 5.91 Å². The van der Waals surface area contributed by atoms with Crippen molar-refractivity contribution in [2.45, 2.75) is 19.8 Å². The minimum absolute atomic E-state index is 0.0410. The molecule has 4 nitrogen and oxygen atoms in total. The molecule has 1 amide bonds. The molecule has 4 heteroatoms. The van der Waals surface area contributed by atoms with Crippen LogP contribution in [0, 0.1) is 5.92 Å². The first kappa shape index (κ1) is 10.8. The number of aliphatic carboxylic acids is 1. The van der Waals surface area contributed by atoms with Crippen molar-refractivity contribution in [1.29, 1.82) is 0 Å². The first-order chi connectivity index (χ1) is 6.54. The summed E-state index contributed by atoms with van der Waals surface area (Å²) in [6.45, 7) is 6.27. The summed E-state index contributed by atoms with van der Waals surface area (Å²) in [7, 11) is 0. The van der Waals surface area contributed by atoms with Gasteiger partial charge < -0.3 is 10.0 Å². The van der Waals surface area contributed by atoms with E-state index in [2.05, 4.69) is 6.58 Å². The maximum Gasteiger partial charge on any atom is 0.332 e. The van der Waals surface area contributed by atoms with Gasteiger partial charge in [0.1, 0.15) is 0 Å². The number of carbonyl (C=O) groups excluding carboxylic acids is 1. The molecule has 0 aromatic rings. The molecule has 14 heavy (non-hydrogen) atoms. The fourth-order valence-corrected chi connectivity index (χ4v) is 1.58. The maximum atomic E-state index is 11.4. The predicted molar refractivity (Wildman–Crippen MR) is 51.8 cm³/mol. The van der Waals surface area contributed by atoms with Gasteiger partial charge in [-0.15, -0.1) is 0 Å². The second kappa shape index (κ2) is 4.26. The van der Waals surface area contributed by atoms with Gasteiger partial charge >= 0.3 is 5.97 Å². The zero-order valence-electron chi connectivity index (χ0n) is 8.32. The molecule has 78 valence electrons. The van der Waals surface area contributed by atoms with E-state index in [0.717, 1.165) is 6.42 Å². The van der Waals surface area contributed by atoms with Gasteiger partial charge in [-0.25, -0.2) is 4.79 Å². The molecular formula is C10H15NO3. The Morgan fingerprint density at radius 3 is 2.79 bits per heavy atom. The molecule has 0 aliphatic carbocycles. The van der Waals surface area contributed by atoms with E-state index in [1.165, 1.54) is 0 Å². The average Bonchev–Trinajstić information content (AvgIpc) is 2.47. The molecule has 0 aromatic heterocycles. The number of nitrogens with zero attached hydrogens (tertiary/aromatic N) is 1. The van der Waals surface area contributed by atoms with Crippen molar-refractivity contribution in [2.24, 2.45) is 5.92 Å². The van der Waals surface area contributed by atoms with Crippen molar-refractivity contribution in [3.8, 4) is 0 Å². The summed E-state index contributed by atoms with van der Waals surface area (Å²) in [6, 6.07) is 0. The second-order valence-electron chi connectivity index (χ2n) is 3.66.